The first-order valence-corrected chi connectivity index (χ1v) is 14.6. The van der Waals surface area contributed by atoms with Crippen LogP contribution in [0.3, 0.4) is 0 Å². The lowest BCUT2D eigenvalue weighted by Gasteiger charge is -2.41. The van der Waals surface area contributed by atoms with Gasteiger partial charge in [0.1, 0.15) is 23.8 Å². The molecule has 2 aromatic heterocycles. The number of carbonyl (C=O) groups is 1. The van der Waals surface area contributed by atoms with E-state index in [-0.39, 0.29) is 55.2 Å². The smallest absolute Gasteiger partial charge is 0.319 e. The van der Waals surface area contributed by atoms with E-state index in [1.54, 1.807) is 30.1 Å². The van der Waals surface area contributed by atoms with Gasteiger partial charge in [0, 0.05) is 48.7 Å². The second-order valence-corrected chi connectivity index (χ2v) is 11.7. The largest absolute Gasteiger partial charge is 0.463 e. The summed E-state index contributed by atoms with van der Waals surface area (Å²) in [4.78, 5) is 26.9. The first-order valence-electron chi connectivity index (χ1n) is 14.2. The zero-order chi connectivity index (χ0) is 32.0. The number of nitriles is 1. The van der Waals surface area contributed by atoms with Crippen molar-refractivity contribution >= 4 is 50.9 Å². The molecule has 10 nitrogen and oxygen atoms in total. The molecule has 0 spiro atoms. The summed E-state index contributed by atoms with van der Waals surface area (Å²) in [6, 6.07) is 7.15. The number of amides is 1. The third kappa shape index (κ3) is 5.71. The molecule has 2 fully saturated rings. The summed E-state index contributed by atoms with van der Waals surface area (Å²) in [6.45, 7) is 4.01. The van der Waals surface area contributed by atoms with Crippen LogP contribution in [0.4, 0.5) is 24.7 Å². The number of furan rings is 1. The molecule has 234 valence electrons. The summed E-state index contributed by atoms with van der Waals surface area (Å²) in [5.74, 6) is -3.40. The van der Waals surface area contributed by atoms with E-state index in [0.717, 1.165) is 6.07 Å². The lowest BCUT2D eigenvalue weighted by molar-refractivity contribution is -0.128. The highest BCUT2D eigenvalue weighted by Gasteiger charge is 2.43. The van der Waals surface area contributed by atoms with Gasteiger partial charge in [-0.3, -0.25) is 9.69 Å². The van der Waals surface area contributed by atoms with Crippen molar-refractivity contribution in [2.24, 2.45) is 0 Å². The first-order chi connectivity index (χ1) is 21.5. The van der Waals surface area contributed by atoms with E-state index in [0.29, 0.717) is 51.9 Å². The van der Waals surface area contributed by atoms with Gasteiger partial charge in [-0.05, 0) is 43.0 Å². The Kier molecular flexibility index (Phi) is 7.96. The zero-order valence-electron chi connectivity index (χ0n) is 24.3. The maximum Gasteiger partial charge on any atom is 0.319 e. The number of benzene rings is 2. The average molecular weight is 640 g/mol. The Morgan fingerprint density at radius 3 is 2.80 bits per heavy atom. The molecule has 2 atom stereocenters. The Labute approximate surface area is 261 Å². The van der Waals surface area contributed by atoms with Crippen LogP contribution in [0.1, 0.15) is 12.8 Å². The van der Waals surface area contributed by atoms with E-state index < -0.39 is 23.8 Å². The normalized spacial score (nSPS) is 20.1. The van der Waals surface area contributed by atoms with Crippen LogP contribution in [0.5, 0.6) is 6.01 Å². The molecule has 2 aromatic carbocycles. The average Bonchev–Trinajstić information content (AvgIpc) is 3.60. The van der Waals surface area contributed by atoms with Gasteiger partial charge in [-0.25, -0.2) is 13.2 Å². The fourth-order valence-corrected chi connectivity index (χ4v) is 6.38. The van der Waals surface area contributed by atoms with E-state index in [9.17, 15) is 23.2 Å². The molecule has 2 N–H and O–H groups in total. The molecule has 4 heterocycles. The molecule has 45 heavy (non-hydrogen) atoms. The highest BCUT2D eigenvalue weighted by atomic mass is 35.5. The van der Waals surface area contributed by atoms with Crippen molar-refractivity contribution < 1.29 is 27.1 Å². The molecule has 0 unspecified atom stereocenters. The SMILES string of the molecule is C=CC(=O)N1CCN(c2nc(OC[C@@H]3CC(F)(F)CN3C)nc3cc(-c4cc(N)cc(F)c4Cl)c4ccoc4c23)C[C@@H]1CC#N. The van der Waals surface area contributed by atoms with Crippen LogP contribution in [0.2, 0.25) is 5.02 Å². The molecule has 1 amide bonds. The van der Waals surface area contributed by atoms with Crippen LogP contribution in [-0.2, 0) is 4.79 Å². The number of anilines is 2. The molecule has 6 rings (SSSR count). The van der Waals surface area contributed by atoms with Gasteiger partial charge in [0.25, 0.3) is 5.92 Å². The van der Waals surface area contributed by atoms with Gasteiger partial charge in [-0.2, -0.15) is 15.2 Å². The van der Waals surface area contributed by atoms with Gasteiger partial charge in [0.2, 0.25) is 5.91 Å². The lowest BCUT2D eigenvalue weighted by Crippen LogP contribution is -2.55. The second kappa shape index (κ2) is 11.8. The summed E-state index contributed by atoms with van der Waals surface area (Å²) in [5.41, 5.74) is 7.70. The van der Waals surface area contributed by atoms with E-state index in [1.807, 2.05) is 4.90 Å². The fraction of sp³-hybridized carbons (Fsp3) is 0.355. The topological polar surface area (TPSA) is 125 Å². The standard InChI is InChI=1S/C31H29ClF3N7O3/c1-3-25(43)42-8-7-41(14-18(42)4-6-36)29-26-24(38-30(39-29)45-15-19-13-31(34,35)16-40(19)2)12-21(20-5-9-44-28(20)26)22-10-17(37)11-23(33)27(22)32/h3,5,9-12,18-19H,1,4,7-8,13-16,37H2,2H3/t18-,19-/m0/s1. The van der Waals surface area contributed by atoms with E-state index >= 15 is 0 Å². The Morgan fingerprint density at radius 1 is 1.29 bits per heavy atom. The van der Waals surface area contributed by atoms with E-state index in [4.69, 9.17) is 31.5 Å². The number of alkyl halides is 2. The number of likely N-dealkylation sites (N-methyl/N-ethyl adjacent to an activating group) is 1. The molecular formula is C31H29ClF3N7O3. The van der Waals surface area contributed by atoms with Crippen molar-refractivity contribution in [1.82, 2.24) is 19.8 Å². The number of nitrogens with two attached hydrogens (primary N) is 1. The number of fused-ring (bicyclic) bond motifs is 3. The van der Waals surface area contributed by atoms with Crippen molar-refractivity contribution in [2.45, 2.75) is 30.8 Å². The van der Waals surface area contributed by atoms with Gasteiger partial charge in [-0.1, -0.05) is 18.2 Å². The van der Waals surface area contributed by atoms with Crippen molar-refractivity contribution in [3.8, 4) is 23.2 Å². The Balaban J connectivity index is 1.49. The maximum absolute atomic E-state index is 14.7. The second-order valence-electron chi connectivity index (χ2n) is 11.3. The highest BCUT2D eigenvalue weighted by Crippen LogP contribution is 2.43. The van der Waals surface area contributed by atoms with Gasteiger partial charge < -0.3 is 24.7 Å². The van der Waals surface area contributed by atoms with Crippen LogP contribution < -0.4 is 15.4 Å². The van der Waals surface area contributed by atoms with Crippen LogP contribution in [0.15, 0.2) is 47.6 Å². The van der Waals surface area contributed by atoms with Crippen molar-refractivity contribution in [3.63, 3.8) is 0 Å². The van der Waals surface area contributed by atoms with Crippen molar-refractivity contribution in [1.29, 1.82) is 5.26 Å². The summed E-state index contributed by atoms with van der Waals surface area (Å²) in [5, 5.41) is 10.5. The number of likely N-dealkylation sites (tertiary alicyclic amines) is 1. The fourth-order valence-electron chi connectivity index (χ4n) is 6.17. The molecule has 14 heteroatoms. The number of carbonyl (C=O) groups excluding carboxylic acids is 1. The Hall–Kier alpha value is -4.54. The van der Waals surface area contributed by atoms with Crippen LogP contribution in [-0.4, -0.2) is 83.5 Å². The number of halogens is 4. The summed E-state index contributed by atoms with van der Waals surface area (Å²) >= 11 is 6.40. The molecule has 2 aliphatic heterocycles. The summed E-state index contributed by atoms with van der Waals surface area (Å²) in [6.07, 6.45) is 2.40. The minimum absolute atomic E-state index is 0.0655. The molecule has 4 aromatic rings. The zero-order valence-corrected chi connectivity index (χ0v) is 25.0. The molecule has 2 aliphatic rings. The molecule has 0 saturated carbocycles. The Bertz CT molecular complexity index is 1860. The van der Waals surface area contributed by atoms with Crippen molar-refractivity contribution in [2.75, 3.05) is 50.5 Å². The van der Waals surface area contributed by atoms with E-state index in [1.165, 1.54) is 17.2 Å². The number of aromatic nitrogens is 2. The monoisotopic (exact) mass is 639 g/mol. The highest BCUT2D eigenvalue weighted by molar-refractivity contribution is 6.34. The number of hydrogen-bond donors (Lipinski definition) is 1. The predicted molar refractivity (Wildman–Crippen MR) is 164 cm³/mol. The maximum atomic E-state index is 14.7. The van der Waals surface area contributed by atoms with Gasteiger partial charge >= 0.3 is 6.01 Å². The number of piperazine rings is 1. The number of rotatable bonds is 7. The van der Waals surface area contributed by atoms with Gasteiger partial charge in [0.15, 0.2) is 0 Å². The van der Waals surface area contributed by atoms with Crippen LogP contribution in [0.25, 0.3) is 33.0 Å². The quantitative estimate of drug-likeness (QED) is 0.213. The third-order valence-corrected chi connectivity index (χ3v) is 8.70. The number of ether oxygens (including phenoxy) is 1. The number of nitrogen functional groups attached to an aromatic ring is 1. The molecule has 2 saturated heterocycles. The Morgan fingerprint density at radius 2 is 2.09 bits per heavy atom. The number of nitrogens with zero attached hydrogens (tertiary/aromatic N) is 6. The predicted octanol–water partition coefficient (Wildman–Crippen LogP) is 5.25. The summed E-state index contributed by atoms with van der Waals surface area (Å²) < 4.78 is 54.7. The minimum atomic E-state index is -2.83. The van der Waals surface area contributed by atoms with Gasteiger partial charge in [0.05, 0.1) is 47.3 Å². The van der Waals surface area contributed by atoms with Crippen molar-refractivity contribution in [3.05, 3.63) is 54.0 Å². The molecule has 0 aliphatic carbocycles. The lowest BCUT2D eigenvalue weighted by atomic mass is 9.98. The third-order valence-electron chi connectivity index (χ3n) is 8.31. The molecular weight excluding hydrogens is 611 g/mol. The van der Waals surface area contributed by atoms with Gasteiger partial charge in [-0.15, -0.1) is 0 Å². The molecule has 0 bridgehead atoms. The van der Waals surface area contributed by atoms with Crippen LogP contribution in [0, 0.1) is 17.1 Å². The minimum Gasteiger partial charge on any atom is -0.463 e. The van der Waals surface area contributed by atoms with E-state index in [2.05, 4.69) is 17.6 Å². The summed E-state index contributed by atoms with van der Waals surface area (Å²) in [7, 11) is 1.61. The van der Waals surface area contributed by atoms with Crippen LogP contribution >= 0.6 is 11.6 Å². The number of hydrogen-bond acceptors (Lipinski definition) is 9. The molecule has 0 radical (unpaired) electrons. The first kappa shape index (κ1) is 30.5.